The van der Waals surface area contributed by atoms with Crippen LogP contribution in [0.3, 0.4) is 0 Å². The lowest BCUT2D eigenvalue weighted by Gasteiger charge is -2.20. The van der Waals surface area contributed by atoms with Crippen LogP contribution in [0.4, 0.5) is 11.4 Å². The number of aryl methyl sites for hydroxylation is 1. The average Bonchev–Trinajstić information content (AvgIpc) is 3.20. The molecule has 19 heavy (non-hydrogen) atoms. The Hall–Kier alpha value is -1.62. The predicted molar refractivity (Wildman–Crippen MR) is 76.6 cm³/mol. The molecule has 5 nitrogen and oxygen atoms in total. The first-order valence-electron chi connectivity index (χ1n) is 6.84. The Balaban J connectivity index is 1.88. The Morgan fingerprint density at radius 2 is 2.21 bits per heavy atom. The molecule has 1 fully saturated rings. The van der Waals surface area contributed by atoms with Gasteiger partial charge < -0.3 is 5.32 Å². The Labute approximate surface area is 113 Å². The van der Waals surface area contributed by atoms with Crippen LogP contribution in [0.1, 0.15) is 25.3 Å². The summed E-state index contributed by atoms with van der Waals surface area (Å²) in [6.07, 6.45) is 2.62. The van der Waals surface area contributed by atoms with Gasteiger partial charge in [-0.05, 0) is 32.4 Å². The summed E-state index contributed by atoms with van der Waals surface area (Å²) in [7, 11) is 0. The molecule has 0 heterocycles. The number of nitro groups is 1. The number of anilines is 1. The molecule has 0 spiro atoms. The van der Waals surface area contributed by atoms with Crippen LogP contribution in [0.5, 0.6) is 0 Å². The van der Waals surface area contributed by atoms with Crippen LogP contribution in [0.2, 0.25) is 0 Å². The van der Waals surface area contributed by atoms with Gasteiger partial charge in [0.05, 0.1) is 4.92 Å². The monoisotopic (exact) mass is 263 g/mol. The molecule has 0 amide bonds. The normalized spacial score (nSPS) is 14.7. The molecule has 5 heteroatoms. The van der Waals surface area contributed by atoms with Gasteiger partial charge in [-0.2, -0.15) is 0 Å². The zero-order valence-corrected chi connectivity index (χ0v) is 11.6. The number of nitrogens with zero attached hydrogens (tertiary/aromatic N) is 2. The van der Waals surface area contributed by atoms with E-state index in [9.17, 15) is 10.1 Å². The zero-order valence-electron chi connectivity index (χ0n) is 11.6. The van der Waals surface area contributed by atoms with E-state index in [-0.39, 0.29) is 10.6 Å². The van der Waals surface area contributed by atoms with Crippen LogP contribution in [0, 0.1) is 17.0 Å². The number of hydrogen-bond donors (Lipinski definition) is 1. The quantitative estimate of drug-likeness (QED) is 0.607. The largest absolute Gasteiger partial charge is 0.384 e. The highest BCUT2D eigenvalue weighted by atomic mass is 16.6. The lowest BCUT2D eigenvalue weighted by Crippen LogP contribution is -2.30. The molecule has 1 aromatic carbocycles. The first-order chi connectivity index (χ1) is 9.11. The van der Waals surface area contributed by atoms with Crippen LogP contribution in [-0.2, 0) is 0 Å². The molecule has 2 rings (SSSR count). The van der Waals surface area contributed by atoms with Crippen molar-refractivity contribution in [2.45, 2.75) is 32.7 Å². The summed E-state index contributed by atoms with van der Waals surface area (Å²) in [5.41, 5.74) is 1.70. The van der Waals surface area contributed by atoms with Crippen LogP contribution < -0.4 is 5.32 Å². The van der Waals surface area contributed by atoms with E-state index in [1.165, 1.54) is 12.8 Å². The Morgan fingerprint density at radius 3 is 2.79 bits per heavy atom. The minimum Gasteiger partial charge on any atom is -0.384 e. The second-order valence-electron chi connectivity index (χ2n) is 5.04. The molecule has 0 bridgehead atoms. The van der Waals surface area contributed by atoms with Gasteiger partial charge in [0.15, 0.2) is 0 Å². The van der Waals surface area contributed by atoms with Crippen molar-refractivity contribution < 1.29 is 4.92 Å². The molecule has 0 aromatic heterocycles. The van der Waals surface area contributed by atoms with Crippen LogP contribution >= 0.6 is 0 Å². The van der Waals surface area contributed by atoms with Gasteiger partial charge in [-0.1, -0.05) is 13.0 Å². The Morgan fingerprint density at radius 1 is 1.47 bits per heavy atom. The van der Waals surface area contributed by atoms with Crippen molar-refractivity contribution in [2.75, 3.05) is 25.0 Å². The lowest BCUT2D eigenvalue weighted by molar-refractivity contribution is -0.385. The molecule has 1 saturated carbocycles. The van der Waals surface area contributed by atoms with E-state index in [1.807, 2.05) is 6.07 Å². The molecule has 1 aliphatic rings. The third-order valence-electron chi connectivity index (χ3n) is 3.60. The van der Waals surface area contributed by atoms with E-state index in [1.54, 1.807) is 19.1 Å². The van der Waals surface area contributed by atoms with Crippen molar-refractivity contribution in [3.8, 4) is 0 Å². The van der Waals surface area contributed by atoms with Crippen molar-refractivity contribution in [3.05, 3.63) is 33.9 Å². The highest BCUT2D eigenvalue weighted by Gasteiger charge is 2.27. The molecule has 0 atom stereocenters. The first-order valence-corrected chi connectivity index (χ1v) is 6.84. The molecule has 0 radical (unpaired) electrons. The standard InChI is InChI=1S/C14H21N3O2/c1-3-16(13-6-7-13)9-8-15-12-5-4-11(2)14(10-12)17(18)19/h4-5,10,13,15H,3,6-9H2,1-2H3. The highest BCUT2D eigenvalue weighted by Crippen LogP contribution is 2.26. The first kappa shape index (κ1) is 13.8. The molecule has 0 aliphatic heterocycles. The predicted octanol–water partition coefficient (Wildman–Crippen LogP) is 2.80. The Kier molecular flexibility index (Phi) is 4.37. The van der Waals surface area contributed by atoms with Crippen LogP contribution in [0.15, 0.2) is 18.2 Å². The maximum Gasteiger partial charge on any atom is 0.274 e. The van der Waals surface area contributed by atoms with E-state index in [0.29, 0.717) is 5.56 Å². The molecule has 0 unspecified atom stereocenters. The van der Waals surface area contributed by atoms with Gasteiger partial charge in [0.1, 0.15) is 0 Å². The summed E-state index contributed by atoms with van der Waals surface area (Å²) in [5, 5.41) is 14.1. The van der Waals surface area contributed by atoms with Gasteiger partial charge in [-0.25, -0.2) is 0 Å². The van der Waals surface area contributed by atoms with Gasteiger partial charge in [-0.3, -0.25) is 15.0 Å². The Bertz CT molecular complexity index is 458. The number of benzene rings is 1. The van der Waals surface area contributed by atoms with Crippen molar-refractivity contribution in [1.29, 1.82) is 0 Å². The van der Waals surface area contributed by atoms with Crippen molar-refractivity contribution >= 4 is 11.4 Å². The summed E-state index contributed by atoms with van der Waals surface area (Å²) in [5.74, 6) is 0. The van der Waals surface area contributed by atoms with Crippen molar-refractivity contribution in [3.63, 3.8) is 0 Å². The fourth-order valence-electron chi connectivity index (χ4n) is 2.30. The van der Waals surface area contributed by atoms with E-state index in [0.717, 1.165) is 31.4 Å². The second-order valence-corrected chi connectivity index (χ2v) is 5.04. The van der Waals surface area contributed by atoms with Gasteiger partial charge in [-0.15, -0.1) is 0 Å². The number of likely N-dealkylation sites (N-methyl/N-ethyl adjacent to an activating group) is 1. The van der Waals surface area contributed by atoms with Crippen LogP contribution in [-0.4, -0.2) is 35.5 Å². The molecular formula is C14H21N3O2. The van der Waals surface area contributed by atoms with Crippen molar-refractivity contribution in [1.82, 2.24) is 4.90 Å². The van der Waals surface area contributed by atoms with E-state index in [2.05, 4.69) is 17.1 Å². The lowest BCUT2D eigenvalue weighted by atomic mass is 10.2. The maximum atomic E-state index is 10.9. The molecule has 1 aliphatic carbocycles. The fraction of sp³-hybridized carbons (Fsp3) is 0.571. The highest BCUT2D eigenvalue weighted by molar-refractivity contribution is 5.54. The number of nitrogens with one attached hydrogen (secondary N) is 1. The van der Waals surface area contributed by atoms with Crippen LogP contribution in [0.25, 0.3) is 0 Å². The number of nitro benzene ring substituents is 1. The molecular weight excluding hydrogens is 242 g/mol. The third kappa shape index (κ3) is 3.67. The molecule has 1 aromatic rings. The van der Waals surface area contributed by atoms with Crippen molar-refractivity contribution in [2.24, 2.45) is 0 Å². The van der Waals surface area contributed by atoms with E-state index >= 15 is 0 Å². The van der Waals surface area contributed by atoms with Gasteiger partial charge >= 0.3 is 0 Å². The summed E-state index contributed by atoms with van der Waals surface area (Å²) < 4.78 is 0. The van der Waals surface area contributed by atoms with Gasteiger partial charge in [0, 0.05) is 36.4 Å². The molecule has 0 saturated heterocycles. The second kappa shape index (κ2) is 6.02. The van der Waals surface area contributed by atoms with E-state index < -0.39 is 0 Å². The minimum atomic E-state index is -0.330. The van der Waals surface area contributed by atoms with E-state index in [4.69, 9.17) is 0 Å². The summed E-state index contributed by atoms with van der Waals surface area (Å²) in [4.78, 5) is 13.0. The summed E-state index contributed by atoms with van der Waals surface area (Å²) in [6, 6.07) is 6.07. The molecule has 104 valence electrons. The SMILES string of the molecule is CCN(CCNc1ccc(C)c([N+](=O)[O-])c1)C1CC1. The number of hydrogen-bond acceptors (Lipinski definition) is 4. The third-order valence-corrected chi connectivity index (χ3v) is 3.60. The smallest absolute Gasteiger partial charge is 0.274 e. The summed E-state index contributed by atoms with van der Waals surface area (Å²) >= 11 is 0. The zero-order chi connectivity index (χ0) is 13.8. The van der Waals surface area contributed by atoms with Gasteiger partial charge in [0.2, 0.25) is 0 Å². The summed E-state index contributed by atoms with van der Waals surface area (Å²) in [6.45, 7) is 6.82. The fourth-order valence-corrected chi connectivity index (χ4v) is 2.30. The maximum absolute atomic E-state index is 10.9. The van der Waals surface area contributed by atoms with Gasteiger partial charge in [0.25, 0.3) is 5.69 Å². The average molecular weight is 263 g/mol. The molecule has 1 N–H and O–H groups in total. The minimum absolute atomic E-state index is 0.180. The topological polar surface area (TPSA) is 58.4 Å². The number of rotatable bonds is 7.